The molecular weight excluding hydrogens is 268 g/mol. The van der Waals surface area contributed by atoms with Crippen LogP contribution in [-0.2, 0) is 0 Å². The van der Waals surface area contributed by atoms with Crippen molar-refractivity contribution >= 4 is 17.2 Å². The van der Waals surface area contributed by atoms with E-state index in [0.29, 0.717) is 11.4 Å². The van der Waals surface area contributed by atoms with E-state index in [1.54, 1.807) is 48.7 Å². The summed E-state index contributed by atoms with van der Waals surface area (Å²) in [7, 11) is 0. The Labute approximate surface area is 120 Å². The van der Waals surface area contributed by atoms with Crippen LogP contribution in [0, 0.1) is 16.7 Å². The molecule has 2 aromatic rings. The summed E-state index contributed by atoms with van der Waals surface area (Å²) < 4.78 is 0. The molecule has 0 aliphatic heterocycles. The zero-order valence-electron chi connectivity index (χ0n) is 10.9. The quantitative estimate of drug-likeness (QED) is 0.384. The van der Waals surface area contributed by atoms with Crippen molar-refractivity contribution in [2.24, 2.45) is 10.8 Å². The molecule has 2 rings (SSSR count). The average molecular weight is 280 g/mol. The van der Waals surface area contributed by atoms with E-state index in [4.69, 9.17) is 16.4 Å². The zero-order valence-corrected chi connectivity index (χ0v) is 10.9. The summed E-state index contributed by atoms with van der Waals surface area (Å²) in [5.41, 5.74) is 9.46. The number of aromatic hydroxyl groups is 1. The highest BCUT2D eigenvalue weighted by Gasteiger charge is 2.05. The largest absolute Gasteiger partial charge is 0.506 e. The SMILES string of the molecule is N#C/C(=N\Nc1ccc(-c2ncccc2O)cc1)C(=N)N. The molecule has 0 amide bonds. The van der Waals surface area contributed by atoms with Gasteiger partial charge in [0.25, 0.3) is 0 Å². The molecule has 0 bridgehead atoms. The van der Waals surface area contributed by atoms with E-state index in [9.17, 15) is 5.11 Å². The number of hydrogen-bond acceptors (Lipinski definition) is 6. The van der Waals surface area contributed by atoms with E-state index in [2.05, 4.69) is 15.5 Å². The van der Waals surface area contributed by atoms with Crippen LogP contribution in [0.1, 0.15) is 0 Å². The van der Waals surface area contributed by atoms with Gasteiger partial charge in [0.2, 0.25) is 5.71 Å². The molecule has 0 aliphatic carbocycles. The molecule has 7 heteroatoms. The fourth-order valence-corrected chi connectivity index (χ4v) is 1.59. The van der Waals surface area contributed by atoms with Gasteiger partial charge in [-0.05, 0) is 24.3 Å². The summed E-state index contributed by atoms with van der Waals surface area (Å²) in [6.45, 7) is 0. The summed E-state index contributed by atoms with van der Waals surface area (Å²) in [4.78, 5) is 4.10. The van der Waals surface area contributed by atoms with Crippen molar-refractivity contribution in [3.8, 4) is 23.1 Å². The maximum absolute atomic E-state index is 9.73. The van der Waals surface area contributed by atoms with Gasteiger partial charge in [-0.2, -0.15) is 10.4 Å². The van der Waals surface area contributed by atoms with Crippen LogP contribution < -0.4 is 11.2 Å². The molecule has 0 fully saturated rings. The number of hydrogen-bond donors (Lipinski definition) is 4. The molecule has 0 spiro atoms. The minimum atomic E-state index is -0.403. The minimum Gasteiger partial charge on any atom is -0.506 e. The number of nitrogens with zero attached hydrogens (tertiary/aromatic N) is 3. The van der Waals surface area contributed by atoms with Gasteiger partial charge in [-0.3, -0.25) is 15.8 Å². The molecule has 0 aliphatic rings. The monoisotopic (exact) mass is 280 g/mol. The first-order valence-electron chi connectivity index (χ1n) is 5.94. The molecule has 21 heavy (non-hydrogen) atoms. The van der Waals surface area contributed by atoms with E-state index >= 15 is 0 Å². The molecule has 1 aromatic carbocycles. The first kappa shape index (κ1) is 14.0. The molecule has 0 atom stereocenters. The van der Waals surface area contributed by atoms with E-state index < -0.39 is 5.84 Å². The number of nitriles is 1. The Morgan fingerprint density at radius 1 is 1.33 bits per heavy atom. The van der Waals surface area contributed by atoms with E-state index in [1.165, 1.54) is 0 Å². The Kier molecular flexibility index (Phi) is 4.11. The topological polar surface area (TPSA) is 131 Å². The lowest BCUT2D eigenvalue weighted by molar-refractivity contribution is 0.475. The van der Waals surface area contributed by atoms with Crippen molar-refractivity contribution in [3.05, 3.63) is 42.6 Å². The predicted molar refractivity (Wildman–Crippen MR) is 79.9 cm³/mol. The second-order valence-electron chi connectivity index (χ2n) is 4.05. The number of pyridine rings is 1. The van der Waals surface area contributed by atoms with Gasteiger partial charge in [-0.25, -0.2) is 0 Å². The second-order valence-corrected chi connectivity index (χ2v) is 4.05. The fourth-order valence-electron chi connectivity index (χ4n) is 1.59. The Hall–Kier alpha value is -3.40. The normalized spacial score (nSPS) is 10.7. The van der Waals surface area contributed by atoms with Gasteiger partial charge in [-0.1, -0.05) is 12.1 Å². The van der Waals surface area contributed by atoms with Gasteiger partial charge < -0.3 is 10.8 Å². The molecule has 0 radical (unpaired) electrons. The van der Waals surface area contributed by atoms with Crippen molar-refractivity contribution in [1.82, 2.24) is 4.98 Å². The highest BCUT2D eigenvalue weighted by atomic mass is 16.3. The van der Waals surface area contributed by atoms with Gasteiger partial charge in [0, 0.05) is 11.8 Å². The molecule has 7 nitrogen and oxygen atoms in total. The maximum atomic E-state index is 9.73. The van der Waals surface area contributed by atoms with E-state index in [1.807, 2.05) is 0 Å². The summed E-state index contributed by atoms with van der Waals surface area (Å²) in [6.07, 6.45) is 1.59. The van der Waals surface area contributed by atoms with Crippen LogP contribution in [-0.4, -0.2) is 21.6 Å². The maximum Gasteiger partial charge on any atom is 0.201 e. The minimum absolute atomic E-state index is 0.0968. The number of benzene rings is 1. The first-order chi connectivity index (χ1) is 10.1. The molecule has 5 N–H and O–H groups in total. The Morgan fingerprint density at radius 2 is 2.05 bits per heavy atom. The van der Waals surface area contributed by atoms with Gasteiger partial charge in [-0.15, -0.1) is 0 Å². The third kappa shape index (κ3) is 3.33. The lowest BCUT2D eigenvalue weighted by atomic mass is 10.1. The lowest BCUT2D eigenvalue weighted by Gasteiger charge is -2.05. The highest BCUT2D eigenvalue weighted by Crippen LogP contribution is 2.26. The standard InChI is InChI=1S/C14H12N6O/c15-8-11(14(16)17)20-19-10-5-3-9(4-6-10)13-12(21)2-1-7-18-13/h1-7,19,21H,(H3,16,17)/b20-11+. The zero-order chi connectivity index (χ0) is 15.2. The second kappa shape index (κ2) is 6.16. The molecule has 0 saturated carbocycles. The number of nitrogens with two attached hydrogens (primary N) is 1. The number of aromatic nitrogens is 1. The third-order valence-electron chi connectivity index (χ3n) is 2.60. The molecular formula is C14H12N6O. The third-order valence-corrected chi connectivity index (χ3v) is 2.60. The van der Waals surface area contributed by atoms with Gasteiger partial charge in [0.15, 0.2) is 5.84 Å². The van der Waals surface area contributed by atoms with Gasteiger partial charge >= 0.3 is 0 Å². The summed E-state index contributed by atoms with van der Waals surface area (Å²) in [5.74, 6) is -0.306. The molecule has 0 saturated heterocycles. The Bertz CT molecular complexity index is 730. The summed E-state index contributed by atoms with van der Waals surface area (Å²) >= 11 is 0. The number of amidine groups is 1. The van der Waals surface area contributed by atoms with Gasteiger partial charge in [0.05, 0.1) is 5.69 Å². The van der Waals surface area contributed by atoms with Crippen LogP contribution in [0.2, 0.25) is 0 Å². The number of hydrazone groups is 1. The van der Waals surface area contributed by atoms with Crippen molar-refractivity contribution in [3.63, 3.8) is 0 Å². The predicted octanol–water partition coefficient (Wildman–Crippen LogP) is 1.68. The number of anilines is 1. The van der Waals surface area contributed by atoms with Gasteiger partial charge in [0.1, 0.15) is 17.5 Å². The molecule has 1 aromatic heterocycles. The Balaban J connectivity index is 2.19. The van der Waals surface area contributed by atoms with Crippen LogP contribution in [0.25, 0.3) is 11.3 Å². The van der Waals surface area contributed by atoms with Crippen molar-refractivity contribution < 1.29 is 5.11 Å². The lowest BCUT2D eigenvalue weighted by Crippen LogP contribution is -2.21. The summed E-state index contributed by atoms with van der Waals surface area (Å²) in [6, 6.07) is 11.8. The van der Waals surface area contributed by atoms with E-state index in [0.717, 1.165) is 5.56 Å². The molecule has 0 unspecified atom stereocenters. The molecule has 1 heterocycles. The highest BCUT2D eigenvalue weighted by molar-refractivity contribution is 6.45. The number of rotatable bonds is 4. The number of nitrogens with one attached hydrogen (secondary N) is 2. The fraction of sp³-hybridized carbons (Fsp3) is 0. The first-order valence-corrected chi connectivity index (χ1v) is 5.94. The van der Waals surface area contributed by atoms with Crippen LogP contribution in [0.4, 0.5) is 5.69 Å². The Morgan fingerprint density at radius 3 is 2.62 bits per heavy atom. The smallest absolute Gasteiger partial charge is 0.201 e. The average Bonchev–Trinajstić information content (AvgIpc) is 2.49. The van der Waals surface area contributed by atoms with Crippen LogP contribution in [0.5, 0.6) is 5.75 Å². The van der Waals surface area contributed by atoms with E-state index in [-0.39, 0.29) is 11.5 Å². The van der Waals surface area contributed by atoms with Crippen LogP contribution in [0.15, 0.2) is 47.7 Å². The van der Waals surface area contributed by atoms with Crippen molar-refractivity contribution in [2.75, 3.05) is 5.43 Å². The van der Waals surface area contributed by atoms with Crippen LogP contribution >= 0.6 is 0 Å². The van der Waals surface area contributed by atoms with Crippen LogP contribution in [0.3, 0.4) is 0 Å². The van der Waals surface area contributed by atoms with Crippen molar-refractivity contribution in [1.29, 1.82) is 10.7 Å². The van der Waals surface area contributed by atoms with Crippen molar-refractivity contribution in [2.45, 2.75) is 0 Å². The summed E-state index contributed by atoms with van der Waals surface area (Å²) in [5, 5.41) is 29.3. The molecule has 104 valence electrons.